The van der Waals surface area contributed by atoms with Gasteiger partial charge in [-0.1, -0.05) is 0 Å². The Hall–Kier alpha value is -2.71. The molecule has 7 nitrogen and oxygen atoms in total. The van der Waals surface area contributed by atoms with Crippen molar-refractivity contribution in [3.05, 3.63) is 33.9 Å². The van der Waals surface area contributed by atoms with E-state index in [-0.39, 0.29) is 11.3 Å². The minimum Gasteiger partial charge on any atom is -0.493 e. The largest absolute Gasteiger partial charge is 0.493 e. The number of halogens is 2. The average molecular weight is 289 g/mol. The zero-order chi connectivity index (χ0) is 15.3. The lowest BCUT2D eigenvalue weighted by Gasteiger charge is -2.10. The van der Waals surface area contributed by atoms with E-state index < -0.39 is 28.9 Å². The number of alkyl halides is 2. The van der Waals surface area contributed by atoms with Crippen LogP contribution in [0.15, 0.2) is 18.2 Å². The van der Waals surface area contributed by atoms with Gasteiger partial charge in [0.2, 0.25) is 0 Å². The second kappa shape index (κ2) is 6.45. The zero-order valence-corrected chi connectivity index (χ0v) is 10.1. The van der Waals surface area contributed by atoms with E-state index in [1.54, 1.807) is 0 Å². The van der Waals surface area contributed by atoms with Crippen LogP contribution in [0.5, 0.6) is 11.5 Å². The van der Waals surface area contributed by atoms with Crippen molar-refractivity contribution in [1.29, 1.82) is 0 Å². The predicted molar refractivity (Wildman–Crippen MR) is 63.0 cm³/mol. The van der Waals surface area contributed by atoms with Crippen molar-refractivity contribution in [2.24, 2.45) is 0 Å². The van der Waals surface area contributed by atoms with Crippen LogP contribution in [0.2, 0.25) is 0 Å². The predicted octanol–water partition coefficient (Wildman–Crippen LogP) is 2.30. The Morgan fingerprint density at radius 1 is 1.45 bits per heavy atom. The molecule has 0 atom stereocenters. The third-order valence-electron chi connectivity index (χ3n) is 2.13. The molecule has 0 fully saturated rings. The van der Waals surface area contributed by atoms with Gasteiger partial charge in [0.05, 0.1) is 23.7 Å². The summed E-state index contributed by atoms with van der Waals surface area (Å²) in [6.45, 7) is -3.18. The van der Waals surface area contributed by atoms with E-state index in [2.05, 4.69) is 4.74 Å². The van der Waals surface area contributed by atoms with Gasteiger partial charge in [-0.3, -0.25) is 10.1 Å². The molecule has 0 heterocycles. The Labute approximate surface area is 111 Å². The van der Waals surface area contributed by atoms with Gasteiger partial charge in [-0.25, -0.2) is 4.79 Å². The first-order valence-electron chi connectivity index (χ1n) is 5.07. The SMILES string of the molecule is COc1cc(/C=C/C(=O)O)c([N+](=O)[O-])cc1OC(F)F. The van der Waals surface area contributed by atoms with Crippen LogP contribution < -0.4 is 9.47 Å². The molecule has 0 saturated heterocycles. The smallest absolute Gasteiger partial charge is 0.387 e. The van der Waals surface area contributed by atoms with E-state index in [0.717, 1.165) is 25.3 Å². The monoisotopic (exact) mass is 289 g/mol. The Morgan fingerprint density at radius 2 is 2.10 bits per heavy atom. The molecule has 0 aromatic heterocycles. The summed E-state index contributed by atoms with van der Waals surface area (Å²) in [7, 11) is 1.16. The molecule has 0 unspecified atom stereocenters. The molecule has 0 aliphatic heterocycles. The molecule has 0 spiro atoms. The molecule has 20 heavy (non-hydrogen) atoms. The lowest BCUT2D eigenvalue weighted by molar-refractivity contribution is -0.385. The van der Waals surface area contributed by atoms with Crippen LogP contribution in [-0.4, -0.2) is 29.7 Å². The first-order chi connectivity index (χ1) is 9.35. The standard InChI is InChI=1S/C11H9F2NO6/c1-19-8-4-6(2-3-10(15)16)7(14(17)18)5-9(8)20-11(12)13/h2-5,11H,1H3,(H,15,16)/b3-2+. The summed E-state index contributed by atoms with van der Waals surface area (Å²) in [6, 6.07) is 1.78. The molecule has 0 radical (unpaired) electrons. The molecule has 9 heteroatoms. The zero-order valence-electron chi connectivity index (χ0n) is 10.1. The maximum atomic E-state index is 12.2. The maximum Gasteiger partial charge on any atom is 0.387 e. The third kappa shape index (κ3) is 3.90. The molecule has 0 aliphatic carbocycles. The molecule has 1 rings (SSSR count). The Kier molecular flexibility index (Phi) is 4.95. The summed E-state index contributed by atoms with van der Waals surface area (Å²) in [5.74, 6) is -2.01. The summed E-state index contributed by atoms with van der Waals surface area (Å²) in [5.41, 5.74) is -0.699. The number of hydrogen-bond donors (Lipinski definition) is 1. The molecular weight excluding hydrogens is 280 g/mol. The highest BCUT2D eigenvalue weighted by atomic mass is 19.3. The maximum absolute atomic E-state index is 12.2. The first kappa shape index (κ1) is 15.3. The number of benzene rings is 1. The van der Waals surface area contributed by atoms with Crippen molar-refractivity contribution in [2.75, 3.05) is 7.11 Å². The minimum absolute atomic E-state index is 0.115. The molecule has 108 valence electrons. The highest BCUT2D eigenvalue weighted by Gasteiger charge is 2.20. The highest BCUT2D eigenvalue weighted by Crippen LogP contribution is 2.36. The fourth-order valence-corrected chi connectivity index (χ4v) is 1.37. The van der Waals surface area contributed by atoms with Crippen LogP contribution in [0.1, 0.15) is 5.56 Å². The number of ether oxygens (including phenoxy) is 2. The number of aliphatic carboxylic acids is 1. The van der Waals surface area contributed by atoms with Gasteiger partial charge in [-0.2, -0.15) is 8.78 Å². The van der Waals surface area contributed by atoms with Crippen LogP contribution in [0.25, 0.3) is 6.08 Å². The summed E-state index contributed by atoms with van der Waals surface area (Å²) in [4.78, 5) is 20.4. The Bertz CT molecular complexity index is 558. The molecule has 1 aromatic rings. The molecule has 0 aliphatic rings. The Morgan fingerprint density at radius 3 is 2.55 bits per heavy atom. The van der Waals surface area contributed by atoms with Crippen molar-refractivity contribution in [2.45, 2.75) is 6.61 Å². The van der Waals surface area contributed by atoms with Crippen LogP contribution in [0.3, 0.4) is 0 Å². The number of nitrogens with zero attached hydrogens (tertiary/aromatic N) is 1. The molecular formula is C11H9F2NO6. The van der Waals surface area contributed by atoms with Gasteiger partial charge in [0.15, 0.2) is 11.5 Å². The number of carbonyl (C=O) groups is 1. The van der Waals surface area contributed by atoms with Gasteiger partial charge in [0.25, 0.3) is 5.69 Å². The fraction of sp³-hybridized carbons (Fsp3) is 0.182. The lowest BCUT2D eigenvalue weighted by Crippen LogP contribution is -2.05. The number of nitro groups is 1. The van der Waals surface area contributed by atoms with E-state index in [4.69, 9.17) is 9.84 Å². The van der Waals surface area contributed by atoms with Crippen LogP contribution in [-0.2, 0) is 4.79 Å². The summed E-state index contributed by atoms with van der Waals surface area (Å²) < 4.78 is 33.2. The summed E-state index contributed by atoms with van der Waals surface area (Å²) in [5, 5.41) is 19.3. The minimum atomic E-state index is -3.18. The number of rotatable bonds is 6. The topological polar surface area (TPSA) is 98.9 Å². The molecule has 1 aromatic carbocycles. The Balaban J connectivity index is 3.36. The second-order valence-electron chi connectivity index (χ2n) is 3.37. The molecule has 0 saturated carbocycles. The van der Waals surface area contributed by atoms with Gasteiger partial charge in [0.1, 0.15) is 0 Å². The van der Waals surface area contributed by atoms with Gasteiger partial charge >= 0.3 is 12.6 Å². The fourth-order valence-electron chi connectivity index (χ4n) is 1.37. The average Bonchev–Trinajstić information content (AvgIpc) is 2.35. The van der Waals surface area contributed by atoms with Gasteiger partial charge < -0.3 is 14.6 Å². The van der Waals surface area contributed by atoms with Crippen LogP contribution in [0.4, 0.5) is 14.5 Å². The summed E-state index contributed by atoms with van der Waals surface area (Å²) in [6.07, 6.45) is 1.63. The number of carboxylic acid groups (broad SMARTS) is 1. The van der Waals surface area contributed by atoms with E-state index >= 15 is 0 Å². The van der Waals surface area contributed by atoms with E-state index in [1.807, 2.05) is 0 Å². The van der Waals surface area contributed by atoms with Crippen molar-refractivity contribution in [1.82, 2.24) is 0 Å². The normalized spacial score (nSPS) is 10.8. The molecule has 1 N–H and O–H groups in total. The highest BCUT2D eigenvalue weighted by molar-refractivity contribution is 5.86. The van der Waals surface area contributed by atoms with Gasteiger partial charge in [-0.05, 0) is 12.1 Å². The number of hydrogen-bond acceptors (Lipinski definition) is 5. The van der Waals surface area contributed by atoms with Crippen molar-refractivity contribution >= 4 is 17.7 Å². The van der Waals surface area contributed by atoms with Crippen molar-refractivity contribution in [3.63, 3.8) is 0 Å². The van der Waals surface area contributed by atoms with Gasteiger partial charge in [-0.15, -0.1) is 0 Å². The van der Waals surface area contributed by atoms with E-state index in [1.165, 1.54) is 0 Å². The van der Waals surface area contributed by atoms with E-state index in [9.17, 15) is 23.7 Å². The van der Waals surface area contributed by atoms with Crippen molar-refractivity contribution in [3.8, 4) is 11.5 Å². The third-order valence-corrected chi connectivity index (χ3v) is 2.13. The first-order valence-corrected chi connectivity index (χ1v) is 5.07. The summed E-state index contributed by atoms with van der Waals surface area (Å²) >= 11 is 0. The van der Waals surface area contributed by atoms with Crippen LogP contribution >= 0.6 is 0 Å². The van der Waals surface area contributed by atoms with E-state index in [0.29, 0.717) is 6.08 Å². The number of methoxy groups -OCH3 is 1. The van der Waals surface area contributed by atoms with Gasteiger partial charge in [0, 0.05) is 6.08 Å². The molecule has 0 amide bonds. The number of carboxylic acids is 1. The quantitative estimate of drug-likeness (QED) is 0.490. The second-order valence-corrected chi connectivity index (χ2v) is 3.37. The number of nitro benzene ring substituents is 1. The molecule has 0 bridgehead atoms. The van der Waals surface area contributed by atoms with Crippen molar-refractivity contribution < 1.29 is 33.1 Å². The van der Waals surface area contributed by atoms with Crippen LogP contribution in [0, 0.1) is 10.1 Å². The lowest BCUT2D eigenvalue weighted by atomic mass is 10.1.